The van der Waals surface area contributed by atoms with E-state index in [1.165, 1.54) is 19.1 Å². The van der Waals surface area contributed by atoms with Gasteiger partial charge in [0.25, 0.3) is 0 Å². The minimum atomic E-state index is -5.07. The van der Waals surface area contributed by atoms with E-state index in [0.717, 1.165) is 12.1 Å². The summed E-state index contributed by atoms with van der Waals surface area (Å²) >= 11 is 0. The van der Waals surface area contributed by atoms with Crippen LogP contribution in [0.15, 0.2) is 39.4 Å². The van der Waals surface area contributed by atoms with E-state index < -0.39 is 66.6 Å². The third kappa shape index (κ3) is 14.2. The van der Waals surface area contributed by atoms with Crippen LogP contribution < -0.4 is 40.2 Å². The fourth-order valence-corrected chi connectivity index (χ4v) is 5.10. The first-order valence-corrected chi connectivity index (χ1v) is 17.0. The van der Waals surface area contributed by atoms with Gasteiger partial charge in [-0.1, -0.05) is 0 Å². The zero-order valence-corrected chi connectivity index (χ0v) is 28.0. The van der Waals surface area contributed by atoms with E-state index in [1.54, 1.807) is 0 Å². The van der Waals surface area contributed by atoms with E-state index >= 15 is 0 Å². The molecule has 4 N–H and O–H groups in total. The minimum Gasteiger partial charge on any atom is -0.726 e. The number of pyridine rings is 1. The van der Waals surface area contributed by atoms with Gasteiger partial charge in [0.05, 0.1) is 41.7 Å². The first-order valence-electron chi connectivity index (χ1n) is 11.3. The number of hydrogen-bond donors (Lipinski definition) is 4. The summed E-state index contributed by atoms with van der Waals surface area (Å²) in [6, 6.07) is 6.64. The number of nitriles is 1. The first-order chi connectivity index (χ1) is 19.8. The Balaban J connectivity index is 0.00000968. The van der Waals surface area contributed by atoms with Crippen molar-refractivity contribution in [2.45, 2.75) is 11.8 Å². The van der Waals surface area contributed by atoms with Crippen molar-refractivity contribution < 1.29 is 89.4 Å². The predicted molar refractivity (Wildman–Crippen MR) is 144 cm³/mol. The number of nitrogens with one attached hydrogen (secondary N) is 2. The molecule has 238 valence electrons. The first kappa shape index (κ1) is 39.6. The quantitative estimate of drug-likeness (QED) is 0.0430. The van der Waals surface area contributed by atoms with Crippen molar-refractivity contribution in [2.24, 2.45) is 10.2 Å². The average molecular weight is 711 g/mol. The number of aromatic nitrogens is 1. The number of azo groups is 1. The van der Waals surface area contributed by atoms with Crippen LogP contribution in [0.3, 0.4) is 0 Å². The number of anilines is 2. The van der Waals surface area contributed by atoms with Gasteiger partial charge < -0.3 is 15.2 Å². The summed E-state index contributed by atoms with van der Waals surface area (Å²) in [6.45, 7) is -1.01. The molecule has 0 saturated carbocycles. The fraction of sp³-hybridized carbons (Fsp3) is 0.368. The summed E-state index contributed by atoms with van der Waals surface area (Å²) in [6.07, 6.45) is 0. The number of rotatable bonds is 17. The topological polar surface area (TPSA) is 313 Å². The summed E-state index contributed by atoms with van der Waals surface area (Å²) < 4.78 is 129. The number of sulfone groups is 1. The van der Waals surface area contributed by atoms with Crippen LogP contribution in [0.5, 0.6) is 0 Å². The molecule has 25 heteroatoms. The maximum Gasteiger partial charge on any atom is 1.00 e. The molecule has 2 rings (SSSR count). The summed E-state index contributed by atoms with van der Waals surface area (Å²) in [7, 11) is -18.6. The second kappa shape index (κ2) is 16.8. The predicted octanol–water partition coefficient (Wildman–Crippen LogP) is -2.61. The van der Waals surface area contributed by atoms with E-state index in [2.05, 4.69) is 38.4 Å². The van der Waals surface area contributed by atoms with Crippen molar-refractivity contribution in [3.8, 4) is 6.07 Å². The van der Waals surface area contributed by atoms with Crippen molar-refractivity contribution >= 4 is 64.0 Å². The smallest absolute Gasteiger partial charge is 0.726 e. The van der Waals surface area contributed by atoms with Gasteiger partial charge in [-0.3, -0.25) is 13.3 Å². The third-order valence-corrected chi connectivity index (χ3v) is 7.90. The summed E-state index contributed by atoms with van der Waals surface area (Å²) in [5.74, 6) is -0.959. The number of hydrogen-bond acceptors (Lipinski definition) is 18. The molecule has 0 aliphatic rings. The Hall–Kier alpha value is -2.38. The summed E-state index contributed by atoms with van der Waals surface area (Å²) in [5, 5.41) is 23.1. The largest absolute Gasteiger partial charge is 1.00 e. The number of benzene rings is 1. The second-order valence-corrected chi connectivity index (χ2v) is 13.2. The Morgan fingerprint density at radius 2 is 1.39 bits per heavy atom. The van der Waals surface area contributed by atoms with Crippen molar-refractivity contribution in [3.05, 3.63) is 35.4 Å². The van der Waals surface area contributed by atoms with Crippen LogP contribution in [-0.4, -0.2) is 91.0 Å². The fourth-order valence-electron chi connectivity index (χ4n) is 3.03. The van der Waals surface area contributed by atoms with Crippen LogP contribution in [0, 0.1) is 18.3 Å². The van der Waals surface area contributed by atoms with Crippen molar-refractivity contribution in [2.75, 3.05) is 49.3 Å². The van der Waals surface area contributed by atoms with Gasteiger partial charge in [-0.2, -0.15) is 27.2 Å². The van der Waals surface area contributed by atoms with Crippen molar-refractivity contribution in [3.63, 3.8) is 0 Å². The molecular formula is C19H23N6NaO14S4. The molecule has 0 atom stereocenters. The molecule has 1 heterocycles. The number of nitrogens with zero attached hydrogens (tertiary/aromatic N) is 4. The Bertz CT molecular complexity index is 1810. The van der Waals surface area contributed by atoms with Crippen LogP contribution in [0.2, 0.25) is 0 Å². The van der Waals surface area contributed by atoms with Crippen molar-refractivity contribution in [1.29, 1.82) is 5.26 Å². The van der Waals surface area contributed by atoms with Gasteiger partial charge in [-0.05, 0) is 31.2 Å². The molecule has 0 bridgehead atoms. The normalized spacial score (nSPS) is 12.4. The Morgan fingerprint density at radius 1 is 0.864 bits per heavy atom. The van der Waals surface area contributed by atoms with Crippen LogP contribution in [0.4, 0.5) is 23.0 Å². The molecule has 0 saturated heterocycles. The van der Waals surface area contributed by atoms with E-state index in [4.69, 9.17) is 9.11 Å². The van der Waals surface area contributed by atoms with Gasteiger partial charge in [0.15, 0.2) is 15.7 Å². The van der Waals surface area contributed by atoms with Gasteiger partial charge in [0.2, 0.25) is 10.4 Å². The maximum absolute atomic E-state index is 12.3. The van der Waals surface area contributed by atoms with E-state index in [-0.39, 0.29) is 81.7 Å². The van der Waals surface area contributed by atoms with Crippen LogP contribution in [-0.2, 0) is 53.6 Å². The monoisotopic (exact) mass is 710 g/mol. The van der Waals surface area contributed by atoms with Gasteiger partial charge in [0, 0.05) is 18.7 Å². The van der Waals surface area contributed by atoms with Gasteiger partial charge in [-0.15, -0.1) is 5.11 Å². The summed E-state index contributed by atoms with van der Waals surface area (Å²) in [4.78, 5) is 3.95. The molecule has 1 aromatic heterocycles. The average Bonchev–Trinajstić information content (AvgIpc) is 2.87. The molecule has 0 fully saturated rings. The molecule has 0 radical (unpaired) electrons. The molecule has 20 nitrogen and oxygen atoms in total. The molecule has 1 aromatic carbocycles. The maximum atomic E-state index is 12.3. The summed E-state index contributed by atoms with van der Waals surface area (Å²) in [5.41, 5.74) is 0.200. The standard InChI is InChI=1S/C19H24N6O14S4.Na/c1-13-16(12-20)18(21-6-8-37-41(28,29)30)23-19(22-7-9-38-42(31,32)33)17(13)25-24-14-2-4-15(5-3-14)40(26,27)11-10-39-43(34,35)36;/h2-5H,6-11H2,1H3,(H2,21,22,23)(H,28,29,30)(H,31,32,33)(H,34,35,36);/q;+1/p-1. The molecule has 0 aliphatic heterocycles. The third-order valence-electron chi connectivity index (χ3n) is 4.82. The molecular weight excluding hydrogens is 687 g/mol. The van der Waals surface area contributed by atoms with Crippen LogP contribution in [0.1, 0.15) is 11.1 Å². The van der Waals surface area contributed by atoms with E-state index in [0.29, 0.717) is 0 Å². The second-order valence-electron chi connectivity index (χ2n) is 7.87. The SMILES string of the molecule is Cc1c(C#N)c(NCCOS(=O)(=O)O)nc(NCCOS(=O)(=O)O)c1N=Nc1ccc(S(=O)(=O)CCOS(=O)(=O)[O-])cc1.[Na+]. The van der Waals surface area contributed by atoms with Crippen molar-refractivity contribution in [1.82, 2.24) is 4.98 Å². The molecule has 0 spiro atoms. The molecule has 2 aromatic rings. The van der Waals surface area contributed by atoms with Gasteiger partial charge >= 0.3 is 50.4 Å². The van der Waals surface area contributed by atoms with E-state index in [1.807, 2.05) is 6.07 Å². The van der Waals surface area contributed by atoms with Crippen LogP contribution >= 0.6 is 0 Å². The Labute approximate surface area is 274 Å². The minimum absolute atomic E-state index is 0. The zero-order chi connectivity index (χ0) is 32.5. The van der Waals surface area contributed by atoms with E-state index in [9.17, 15) is 43.5 Å². The molecule has 44 heavy (non-hydrogen) atoms. The Kier molecular flexibility index (Phi) is 15.1. The van der Waals surface area contributed by atoms with Gasteiger partial charge in [0.1, 0.15) is 17.6 Å². The molecule has 0 aliphatic carbocycles. The molecule has 0 unspecified atom stereocenters. The van der Waals surface area contributed by atoms with Gasteiger partial charge in [-0.25, -0.2) is 30.2 Å². The Morgan fingerprint density at radius 3 is 1.86 bits per heavy atom. The van der Waals surface area contributed by atoms with Crippen LogP contribution in [0.25, 0.3) is 0 Å². The molecule has 0 amide bonds. The zero-order valence-electron chi connectivity index (χ0n) is 22.8.